The van der Waals surface area contributed by atoms with E-state index >= 15 is 0 Å². The van der Waals surface area contributed by atoms with E-state index in [1.165, 1.54) is 18.1 Å². The maximum atomic E-state index is 10.6. The molecule has 25 heavy (non-hydrogen) atoms. The summed E-state index contributed by atoms with van der Waals surface area (Å²) in [6.07, 6.45) is 5.29. The second kappa shape index (κ2) is 8.68. The summed E-state index contributed by atoms with van der Waals surface area (Å²) < 4.78 is 9.29. The number of hydrogen-bond donors (Lipinski definition) is 2. The van der Waals surface area contributed by atoms with Gasteiger partial charge in [0.05, 0.1) is 0 Å². The zero-order valence-corrected chi connectivity index (χ0v) is 13.9. The Morgan fingerprint density at radius 2 is 1.96 bits per heavy atom. The summed E-state index contributed by atoms with van der Waals surface area (Å²) in [5.74, 6) is -0.367. The van der Waals surface area contributed by atoms with Crippen molar-refractivity contribution in [3.8, 4) is 11.1 Å². The van der Waals surface area contributed by atoms with Crippen LogP contribution in [-0.4, -0.2) is 23.1 Å². The minimum atomic E-state index is -0.435. The second-order valence-electron chi connectivity index (χ2n) is 5.51. The minimum absolute atomic E-state index is 0.0677. The van der Waals surface area contributed by atoms with Crippen molar-refractivity contribution in [1.29, 1.82) is 0 Å². The molecule has 1 fully saturated rings. The highest BCUT2D eigenvalue weighted by Gasteiger charge is 2.21. The number of aromatic nitrogens is 1. The number of carbonyl (C=O) groups is 2. The molecular weight excluding hydrogens is 324 g/mol. The SMILES string of the molecule is C=CCC1CCC(=O)O1.CC(=O)Nc1co[nH]c1=O.c1cc2ccc1-2. The van der Waals surface area contributed by atoms with E-state index < -0.39 is 5.56 Å². The van der Waals surface area contributed by atoms with Crippen molar-refractivity contribution in [2.45, 2.75) is 32.3 Å². The van der Waals surface area contributed by atoms with Gasteiger partial charge in [0.2, 0.25) is 5.91 Å². The lowest BCUT2D eigenvalue weighted by Crippen LogP contribution is -2.12. The molecule has 3 aliphatic rings. The summed E-state index contributed by atoms with van der Waals surface area (Å²) in [6, 6.07) is 8.48. The van der Waals surface area contributed by atoms with Crippen LogP contribution in [0.2, 0.25) is 0 Å². The molecule has 4 rings (SSSR count). The molecule has 0 saturated carbocycles. The second-order valence-corrected chi connectivity index (χ2v) is 5.51. The third-order valence-corrected chi connectivity index (χ3v) is 3.50. The van der Waals surface area contributed by atoms with E-state index in [1.807, 2.05) is 5.16 Å². The fraction of sp³-hybridized carbons (Fsp3) is 0.278. The van der Waals surface area contributed by atoms with E-state index in [0.717, 1.165) is 19.1 Å². The first kappa shape index (κ1) is 18.3. The first-order valence-corrected chi connectivity index (χ1v) is 7.84. The summed E-state index contributed by atoms with van der Waals surface area (Å²) in [6.45, 7) is 4.87. The number of cyclic esters (lactones) is 1. The Balaban J connectivity index is 0.000000138. The number of H-pyrrole nitrogens is 1. The van der Waals surface area contributed by atoms with Crippen molar-refractivity contribution in [3.63, 3.8) is 0 Å². The van der Waals surface area contributed by atoms with Gasteiger partial charge in [0.25, 0.3) is 0 Å². The Morgan fingerprint density at radius 3 is 2.28 bits per heavy atom. The van der Waals surface area contributed by atoms with Crippen LogP contribution in [0.25, 0.3) is 11.1 Å². The van der Waals surface area contributed by atoms with E-state index in [2.05, 4.69) is 40.7 Å². The first-order chi connectivity index (χ1) is 12.0. The van der Waals surface area contributed by atoms with Crippen molar-refractivity contribution >= 4 is 17.6 Å². The largest absolute Gasteiger partial charge is 0.462 e. The molecule has 7 heteroatoms. The molecule has 0 radical (unpaired) electrons. The molecule has 1 unspecified atom stereocenters. The molecule has 7 nitrogen and oxygen atoms in total. The average molecular weight is 344 g/mol. The lowest BCUT2D eigenvalue weighted by Gasteiger charge is -2.10. The molecule has 1 saturated heterocycles. The van der Waals surface area contributed by atoms with Gasteiger partial charge in [0.15, 0.2) is 0 Å². The molecule has 0 spiro atoms. The average Bonchev–Trinajstić information content (AvgIpc) is 3.13. The number of hydrogen-bond acceptors (Lipinski definition) is 5. The smallest absolute Gasteiger partial charge is 0.306 e. The number of esters is 1. The maximum absolute atomic E-state index is 10.6. The summed E-state index contributed by atoms with van der Waals surface area (Å²) in [5, 5.41) is 4.31. The third-order valence-electron chi connectivity index (χ3n) is 3.50. The van der Waals surface area contributed by atoms with E-state index in [0.29, 0.717) is 6.42 Å². The topological polar surface area (TPSA) is 101 Å². The Bertz CT molecular complexity index is 767. The number of ether oxygens (including phenoxy) is 1. The first-order valence-electron chi connectivity index (χ1n) is 7.84. The molecule has 1 aliphatic heterocycles. The van der Waals surface area contributed by atoms with Gasteiger partial charge < -0.3 is 14.6 Å². The van der Waals surface area contributed by atoms with Gasteiger partial charge in [-0.15, -0.1) is 6.58 Å². The normalized spacial score (nSPS) is 15.7. The molecule has 1 aromatic rings. The Labute approximate surface area is 144 Å². The van der Waals surface area contributed by atoms with Crippen molar-refractivity contribution < 1.29 is 18.8 Å². The van der Waals surface area contributed by atoms with Crippen LogP contribution >= 0.6 is 0 Å². The third kappa shape index (κ3) is 5.49. The van der Waals surface area contributed by atoms with Crippen LogP contribution in [0, 0.1) is 0 Å². The predicted molar refractivity (Wildman–Crippen MR) is 93.0 cm³/mol. The van der Waals surface area contributed by atoms with Gasteiger partial charge in [-0.3, -0.25) is 14.4 Å². The highest BCUT2D eigenvalue weighted by atomic mass is 16.5. The Kier molecular flexibility index (Phi) is 6.33. The number of nitrogens with one attached hydrogen (secondary N) is 2. The Morgan fingerprint density at radius 1 is 1.32 bits per heavy atom. The molecule has 1 aromatic heterocycles. The number of anilines is 1. The quantitative estimate of drug-likeness (QED) is 0.562. The van der Waals surface area contributed by atoms with Crippen LogP contribution in [0.15, 0.2) is 52.5 Å². The van der Waals surface area contributed by atoms with Gasteiger partial charge in [0.1, 0.15) is 18.1 Å². The van der Waals surface area contributed by atoms with Crippen LogP contribution in [0.1, 0.15) is 26.2 Å². The molecule has 0 aromatic carbocycles. The van der Waals surface area contributed by atoms with E-state index in [9.17, 15) is 14.4 Å². The highest BCUT2D eigenvalue weighted by Crippen LogP contribution is 2.29. The van der Waals surface area contributed by atoms with Crippen LogP contribution in [0.3, 0.4) is 0 Å². The molecule has 2 N–H and O–H groups in total. The lowest BCUT2D eigenvalue weighted by atomic mass is 9.95. The van der Waals surface area contributed by atoms with E-state index in [4.69, 9.17) is 4.74 Å². The van der Waals surface area contributed by atoms with Gasteiger partial charge in [-0.25, -0.2) is 0 Å². The zero-order chi connectivity index (χ0) is 18.2. The van der Waals surface area contributed by atoms with Gasteiger partial charge in [-0.2, -0.15) is 5.16 Å². The highest BCUT2D eigenvalue weighted by molar-refractivity contribution is 5.88. The monoisotopic (exact) mass is 344 g/mol. The number of aromatic amines is 1. The zero-order valence-electron chi connectivity index (χ0n) is 13.9. The van der Waals surface area contributed by atoms with Crippen LogP contribution in [-0.2, 0) is 14.3 Å². The molecular formula is C18H20N2O5. The lowest BCUT2D eigenvalue weighted by molar-refractivity contribution is -0.141. The molecule has 2 heterocycles. The molecule has 2 aliphatic carbocycles. The molecule has 1 amide bonds. The standard InChI is InChI=1S/C7H10O2.C6H4.C5H6N2O3/c1-2-3-6-4-5-7(8)9-6;1-2-6-4-3-5(1)6;1-3(8)6-4-2-10-7-5(4)9/h2,6H,1,3-5H2;1-4H;2H,1H3,(H,6,8)(H,7,9). The van der Waals surface area contributed by atoms with Crippen molar-refractivity contribution in [3.05, 3.63) is 53.5 Å². The van der Waals surface area contributed by atoms with E-state index in [-0.39, 0.29) is 23.7 Å². The maximum Gasteiger partial charge on any atom is 0.306 e. The Hall–Kier alpha value is -3.09. The van der Waals surface area contributed by atoms with Gasteiger partial charge in [-0.05, 0) is 17.5 Å². The fourth-order valence-corrected chi connectivity index (χ4v) is 2.12. The minimum Gasteiger partial charge on any atom is -0.462 e. The summed E-state index contributed by atoms with van der Waals surface area (Å²) in [7, 11) is 0. The number of rotatable bonds is 3. The van der Waals surface area contributed by atoms with Crippen LogP contribution in [0.4, 0.5) is 5.69 Å². The summed E-state index contributed by atoms with van der Waals surface area (Å²) >= 11 is 0. The summed E-state index contributed by atoms with van der Waals surface area (Å²) in [5.41, 5.74) is 2.55. The van der Waals surface area contributed by atoms with Crippen LogP contribution in [0.5, 0.6) is 0 Å². The predicted octanol–water partition coefficient (Wildman–Crippen LogP) is 2.86. The van der Waals surface area contributed by atoms with E-state index in [1.54, 1.807) is 6.08 Å². The number of fused-ring (bicyclic) bond motifs is 1. The van der Waals surface area contributed by atoms with Gasteiger partial charge >= 0.3 is 11.5 Å². The number of carbonyl (C=O) groups excluding carboxylic acids is 2. The van der Waals surface area contributed by atoms with Crippen molar-refractivity contribution in [2.75, 3.05) is 5.32 Å². The van der Waals surface area contributed by atoms with Crippen molar-refractivity contribution in [1.82, 2.24) is 5.16 Å². The molecule has 132 valence electrons. The number of amides is 1. The summed E-state index contributed by atoms with van der Waals surface area (Å²) in [4.78, 5) is 31.4. The number of benzene rings is 1. The van der Waals surface area contributed by atoms with Crippen molar-refractivity contribution in [2.24, 2.45) is 0 Å². The van der Waals surface area contributed by atoms with Gasteiger partial charge in [0, 0.05) is 19.8 Å². The fourth-order valence-electron chi connectivity index (χ4n) is 2.12. The molecule has 1 atom stereocenters. The van der Waals surface area contributed by atoms with Gasteiger partial charge in [-0.1, -0.05) is 30.3 Å². The van der Waals surface area contributed by atoms with Crippen LogP contribution < -0.4 is 10.9 Å². The molecule has 0 bridgehead atoms.